The first kappa shape index (κ1) is 11.7. The Hall–Kier alpha value is -0.390. The average Bonchev–Trinajstić information content (AvgIpc) is 2.19. The van der Waals surface area contributed by atoms with E-state index < -0.39 is 0 Å². The molecule has 0 bridgehead atoms. The van der Waals surface area contributed by atoms with Crippen LogP contribution in [-0.2, 0) is 0 Å². The molecular weight excluding hydrogens is 196 g/mol. The van der Waals surface area contributed by atoms with E-state index in [0.717, 1.165) is 6.54 Å². The first-order valence-electron chi connectivity index (χ1n) is 5.22. The fourth-order valence-corrected chi connectivity index (χ4v) is 2.04. The van der Waals surface area contributed by atoms with Gasteiger partial charge in [-0.15, -0.1) is 0 Å². The van der Waals surface area contributed by atoms with Gasteiger partial charge in [0.2, 0.25) is 0 Å². The lowest BCUT2D eigenvalue weighted by Gasteiger charge is -2.29. The molecule has 14 heavy (non-hydrogen) atoms. The molecule has 0 aromatic carbocycles. The lowest BCUT2D eigenvalue weighted by molar-refractivity contribution is 0.215. The van der Waals surface area contributed by atoms with Gasteiger partial charge in [-0.25, -0.2) is 5.84 Å². The minimum Gasteiger partial charge on any atom is -0.358 e. The summed E-state index contributed by atoms with van der Waals surface area (Å²) in [7, 11) is 0. The molecule has 0 spiro atoms. The number of likely N-dealkylation sites (tertiary alicyclic amines) is 1. The number of rotatable bonds is 3. The Balaban J connectivity index is 2.18. The zero-order valence-electron chi connectivity index (χ0n) is 8.75. The van der Waals surface area contributed by atoms with E-state index in [1.807, 2.05) is 0 Å². The predicted molar refractivity (Wildman–Crippen MR) is 62.8 cm³/mol. The van der Waals surface area contributed by atoms with Gasteiger partial charge in [0.1, 0.15) is 0 Å². The minimum atomic E-state index is 0.358. The van der Waals surface area contributed by atoms with E-state index in [1.165, 1.54) is 32.4 Å². The summed E-state index contributed by atoms with van der Waals surface area (Å²) in [6.45, 7) is 5.60. The molecule has 5 heteroatoms. The minimum absolute atomic E-state index is 0.358. The summed E-state index contributed by atoms with van der Waals surface area (Å²) in [5.74, 6) is 5.19. The summed E-state index contributed by atoms with van der Waals surface area (Å²) >= 11 is 4.93. The van der Waals surface area contributed by atoms with Crippen molar-refractivity contribution in [2.75, 3.05) is 19.6 Å². The van der Waals surface area contributed by atoms with Gasteiger partial charge in [0.05, 0.1) is 0 Å². The SMILES string of the molecule is CC(CN1CCCCC1)NC(=S)NN. The lowest BCUT2D eigenvalue weighted by atomic mass is 10.1. The molecule has 4 nitrogen and oxygen atoms in total. The van der Waals surface area contributed by atoms with Gasteiger partial charge >= 0.3 is 0 Å². The van der Waals surface area contributed by atoms with Crippen molar-refractivity contribution in [3.63, 3.8) is 0 Å². The molecule has 1 fully saturated rings. The number of thiocarbonyl (C=S) groups is 1. The van der Waals surface area contributed by atoms with Crippen molar-refractivity contribution in [3.05, 3.63) is 0 Å². The van der Waals surface area contributed by atoms with Crippen LogP contribution in [0.15, 0.2) is 0 Å². The largest absolute Gasteiger partial charge is 0.358 e. The summed E-state index contributed by atoms with van der Waals surface area (Å²) < 4.78 is 0. The zero-order valence-corrected chi connectivity index (χ0v) is 9.57. The second-order valence-corrected chi connectivity index (χ2v) is 4.29. The van der Waals surface area contributed by atoms with Crippen molar-refractivity contribution in [2.45, 2.75) is 32.2 Å². The summed E-state index contributed by atoms with van der Waals surface area (Å²) in [5, 5.41) is 3.65. The lowest BCUT2D eigenvalue weighted by Crippen LogP contribution is -2.48. The molecule has 1 saturated heterocycles. The predicted octanol–water partition coefficient (Wildman–Crippen LogP) is 0.199. The molecule has 0 aromatic heterocycles. The Labute approximate surface area is 91.2 Å². The van der Waals surface area contributed by atoms with Crippen molar-refractivity contribution in [2.24, 2.45) is 5.84 Å². The van der Waals surface area contributed by atoms with E-state index in [2.05, 4.69) is 22.6 Å². The van der Waals surface area contributed by atoms with Crippen LogP contribution in [0.4, 0.5) is 0 Å². The monoisotopic (exact) mass is 216 g/mol. The van der Waals surface area contributed by atoms with Gasteiger partial charge in [-0.2, -0.15) is 0 Å². The number of piperidine rings is 1. The van der Waals surface area contributed by atoms with Gasteiger partial charge in [-0.3, -0.25) is 0 Å². The van der Waals surface area contributed by atoms with E-state index in [0.29, 0.717) is 11.2 Å². The molecule has 0 aromatic rings. The molecule has 1 heterocycles. The fourth-order valence-electron chi connectivity index (χ4n) is 1.84. The summed E-state index contributed by atoms with van der Waals surface area (Å²) in [6.07, 6.45) is 4.03. The van der Waals surface area contributed by atoms with Gasteiger partial charge < -0.3 is 15.6 Å². The summed E-state index contributed by atoms with van der Waals surface area (Å²) in [5.41, 5.74) is 2.43. The summed E-state index contributed by atoms with van der Waals surface area (Å²) in [4.78, 5) is 2.47. The molecule has 1 aliphatic rings. The van der Waals surface area contributed by atoms with E-state index in [4.69, 9.17) is 18.1 Å². The molecule has 1 rings (SSSR count). The van der Waals surface area contributed by atoms with Crippen LogP contribution in [0.25, 0.3) is 0 Å². The normalized spacial score (nSPS) is 20.1. The first-order valence-corrected chi connectivity index (χ1v) is 5.62. The topological polar surface area (TPSA) is 53.3 Å². The van der Waals surface area contributed by atoms with Crippen LogP contribution in [-0.4, -0.2) is 35.7 Å². The van der Waals surface area contributed by atoms with Crippen molar-refractivity contribution in [1.82, 2.24) is 15.6 Å². The third-order valence-electron chi connectivity index (χ3n) is 2.49. The highest BCUT2D eigenvalue weighted by Crippen LogP contribution is 2.08. The van der Waals surface area contributed by atoms with Gasteiger partial charge in [0.15, 0.2) is 5.11 Å². The van der Waals surface area contributed by atoms with Crippen LogP contribution < -0.4 is 16.6 Å². The Kier molecular flexibility index (Phi) is 5.14. The first-order chi connectivity index (χ1) is 6.72. The summed E-state index contributed by atoms with van der Waals surface area (Å²) in [6, 6.07) is 0.358. The van der Waals surface area contributed by atoms with E-state index >= 15 is 0 Å². The zero-order chi connectivity index (χ0) is 10.4. The van der Waals surface area contributed by atoms with Crippen molar-refractivity contribution < 1.29 is 0 Å². The Bertz CT molecular complexity index is 180. The average molecular weight is 216 g/mol. The van der Waals surface area contributed by atoms with E-state index in [-0.39, 0.29) is 0 Å². The molecule has 4 N–H and O–H groups in total. The third kappa shape index (κ3) is 4.21. The van der Waals surface area contributed by atoms with Gasteiger partial charge in [0.25, 0.3) is 0 Å². The smallest absolute Gasteiger partial charge is 0.180 e. The molecule has 1 unspecified atom stereocenters. The molecule has 0 saturated carbocycles. The number of nitrogens with zero attached hydrogens (tertiary/aromatic N) is 1. The Morgan fingerprint density at radius 2 is 2.07 bits per heavy atom. The number of nitrogens with one attached hydrogen (secondary N) is 2. The molecular formula is C9H20N4S. The second kappa shape index (κ2) is 6.16. The standard InChI is InChI=1S/C9H20N4S/c1-8(11-9(14)12-10)7-13-5-3-2-4-6-13/h8H,2-7,10H2,1H3,(H2,11,12,14). The van der Waals surface area contributed by atoms with Crippen molar-refractivity contribution in [3.8, 4) is 0 Å². The van der Waals surface area contributed by atoms with E-state index in [1.54, 1.807) is 0 Å². The van der Waals surface area contributed by atoms with Crippen LogP contribution in [0.2, 0.25) is 0 Å². The molecule has 0 radical (unpaired) electrons. The number of hydrogen-bond donors (Lipinski definition) is 3. The number of hydrogen-bond acceptors (Lipinski definition) is 3. The molecule has 82 valence electrons. The fraction of sp³-hybridized carbons (Fsp3) is 0.889. The molecule has 1 atom stereocenters. The highest BCUT2D eigenvalue weighted by molar-refractivity contribution is 7.80. The maximum absolute atomic E-state index is 5.19. The van der Waals surface area contributed by atoms with Gasteiger partial charge in [-0.1, -0.05) is 6.42 Å². The van der Waals surface area contributed by atoms with Crippen molar-refractivity contribution in [1.29, 1.82) is 0 Å². The highest BCUT2D eigenvalue weighted by Gasteiger charge is 2.13. The maximum Gasteiger partial charge on any atom is 0.180 e. The van der Waals surface area contributed by atoms with Gasteiger partial charge in [-0.05, 0) is 45.1 Å². The third-order valence-corrected chi connectivity index (χ3v) is 2.73. The maximum atomic E-state index is 5.19. The molecule has 1 aliphatic heterocycles. The van der Waals surface area contributed by atoms with Gasteiger partial charge in [0, 0.05) is 12.6 Å². The van der Waals surface area contributed by atoms with Crippen LogP contribution in [0.3, 0.4) is 0 Å². The molecule has 0 aliphatic carbocycles. The second-order valence-electron chi connectivity index (χ2n) is 3.88. The van der Waals surface area contributed by atoms with Crippen LogP contribution in [0.1, 0.15) is 26.2 Å². The molecule has 0 amide bonds. The van der Waals surface area contributed by atoms with E-state index in [9.17, 15) is 0 Å². The van der Waals surface area contributed by atoms with Crippen LogP contribution in [0, 0.1) is 0 Å². The quantitative estimate of drug-likeness (QED) is 0.357. The Morgan fingerprint density at radius 3 is 2.64 bits per heavy atom. The number of hydrazine groups is 1. The van der Waals surface area contributed by atoms with Crippen LogP contribution >= 0.6 is 12.2 Å². The highest BCUT2D eigenvalue weighted by atomic mass is 32.1. The Morgan fingerprint density at radius 1 is 1.43 bits per heavy atom. The van der Waals surface area contributed by atoms with Crippen molar-refractivity contribution >= 4 is 17.3 Å². The number of nitrogens with two attached hydrogens (primary N) is 1. The van der Waals surface area contributed by atoms with Crippen LogP contribution in [0.5, 0.6) is 0 Å².